The van der Waals surface area contributed by atoms with E-state index in [1.54, 1.807) is 0 Å². The zero-order valence-corrected chi connectivity index (χ0v) is 7.64. The fourth-order valence-corrected chi connectivity index (χ4v) is 1.46. The second-order valence-electron chi connectivity index (χ2n) is 3.09. The molecule has 0 heterocycles. The number of esters is 1. The van der Waals surface area contributed by atoms with E-state index in [9.17, 15) is 4.79 Å². The molecule has 12 heavy (non-hydrogen) atoms. The number of rotatable bonds is 3. The van der Waals surface area contributed by atoms with Gasteiger partial charge in [0, 0.05) is 0 Å². The van der Waals surface area contributed by atoms with Crippen LogP contribution in [-0.2, 0) is 9.53 Å². The van der Waals surface area contributed by atoms with Gasteiger partial charge in [0.15, 0.2) is 0 Å². The molecule has 0 aromatic heterocycles. The van der Waals surface area contributed by atoms with Crippen LogP contribution in [0, 0.1) is 0 Å². The Hall–Kier alpha value is -0.790. The van der Waals surface area contributed by atoms with Crippen LogP contribution in [0.1, 0.15) is 39.0 Å². The highest BCUT2D eigenvalue weighted by Gasteiger charge is 2.08. The van der Waals surface area contributed by atoms with Crippen molar-refractivity contribution in [2.24, 2.45) is 0 Å². The van der Waals surface area contributed by atoms with Crippen molar-refractivity contribution in [3.8, 4) is 0 Å². The van der Waals surface area contributed by atoms with E-state index in [1.807, 2.05) is 6.92 Å². The Kier molecular flexibility index (Phi) is 3.85. The third-order valence-corrected chi connectivity index (χ3v) is 2.06. The molecule has 1 aliphatic rings. The normalized spacial score (nSPS) is 16.9. The molecule has 0 radical (unpaired) electrons. The van der Waals surface area contributed by atoms with Crippen molar-refractivity contribution in [2.45, 2.75) is 39.0 Å². The molecule has 1 rings (SSSR count). The van der Waals surface area contributed by atoms with E-state index in [-0.39, 0.29) is 5.97 Å². The molecule has 0 N–H and O–H groups in total. The molecule has 0 atom stereocenters. The van der Waals surface area contributed by atoms with Crippen LogP contribution in [0.5, 0.6) is 0 Å². The maximum atomic E-state index is 11.0. The molecule has 0 aromatic rings. The highest BCUT2D eigenvalue weighted by molar-refractivity contribution is 5.72. The third-order valence-electron chi connectivity index (χ3n) is 2.06. The summed E-state index contributed by atoms with van der Waals surface area (Å²) >= 11 is 0. The van der Waals surface area contributed by atoms with E-state index in [4.69, 9.17) is 4.74 Å². The summed E-state index contributed by atoms with van der Waals surface area (Å²) in [5, 5.41) is 0. The standard InChI is InChI=1S/C10H16O2/c1-2-12-10(11)8-9-6-4-3-5-7-9/h6H,2-5,7-8H2,1H3. The lowest BCUT2D eigenvalue weighted by molar-refractivity contribution is -0.142. The van der Waals surface area contributed by atoms with E-state index in [2.05, 4.69) is 6.08 Å². The van der Waals surface area contributed by atoms with Gasteiger partial charge in [-0.1, -0.05) is 11.6 Å². The average molecular weight is 168 g/mol. The molecular formula is C10H16O2. The molecule has 0 bridgehead atoms. The summed E-state index contributed by atoms with van der Waals surface area (Å²) in [6.45, 7) is 2.33. The smallest absolute Gasteiger partial charge is 0.309 e. The minimum Gasteiger partial charge on any atom is -0.466 e. The Morgan fingerprint density at radius 1 is 1.58 bits per heavy atom. The zero-order chi connectivity index (χ0) is 8.81. The molecule has 0 unspecified atom stereocenters. The van der Waals surface area contributed by atoms with Crippen molar-refractivity contribution in [2.75, 3.05) is 6.61 Å². The Morgan fingerprint density at radius 3 is 3.00 bits per heavy atom. The van der Waals surface area contributed by atoms with Crippen LogP contribution in [0.25, 0.3) is 0 Å². The number of hydrogen-bond acceptors (Lipinski definition) is 2. The second kappa shape index (κ2) is 4.96. The second-order valence-corrected chi connectivity index (χ2v) is 3.09. The first-order chi connectivity index (χ1) is 5.83. The van der Waals surface area contributed by atoms with Crippen LogP contribution in [0.3, 0.4) is 0 Å². The Morgan fingerprint density at radius 2 is 2.42 bits per heavy atom. The van der Waals surface area contributed by atoms with Crippen molar-refractivity contribution in [1.82, 2.24) is 0 Å². The number of carbonyl (C=O) groups is 1. The highest BCUT2D eigenvalue weighted by atomic mass is 16.5. The topological polar surface area (TPSA) is 26.3 Å². The van der Waals surface area contributed by atoms with E-state index in [0.29, 0.717) is 13.0 Å². The Labute approximate surface area is 73.6 Å². The quantitative estimate of drug-likeness (QED) is 0.478. The van der Waals surface area contributed by atoms with Crippen LogP contribution in [0.4, 0.5) is 0 Å². The molecule has 0 fully saturated rings. The summed E-state index contributed by atoms with van der Waals surface area (Å²) in [6, 6.07) is 0. The fraction of sp³-hybridized carbons (Fsp3) is 0.700. The van der Waals surface area contributed by atoms with Crippen molar-refractivity contribution >= 4 is 5.97 Å². The van der Waals surface area contributed by atoms with Gasteiger partial charge < -0.3 is 4.74 Å². The Bertz CT molecular complexity index is 182. The van der Waals surface area contributed by atoms with Crippen LogP contribution < -0.4 is 0 Å². The Balaban J connectivity index is 2.29. The molecule has 0 saturated heterocycles. The van der Waals surface area contributed by atoms with E-state index >= 15 is 0 Å². The van der Waals surface area contributed by atoms with Crippen molar-refractivity contribution in [1.29, 1.82) is 0 Å². The lowest BCUT2D eigenvalue weighted by Gasteiger charge is -2.11. The van der Waals surface area contributed by atoms with Gasteiger partial charge in [0.25, 0.3) is 0 Å². The lowest BCUT2D eigenvalue weighted by atomic mass is 9.97. The van der Waals surface area contributed by atoms with Gasteiger partial charge in [-0.2, -0.15) is 0 Å². The largest absolute Gasteiger partial charge is 0.466 e. The average Bonchev–Trinajstić information content (AvgIpc) is 2.06. The van der Waals surface area contributed by atoms with Gasteiger partial charge in [-0.3, -0.25) is 4.79 Å². The van der Waals surface area contributed by atoms with Gasteiger partial charge in [0.2, 0.25) is 0 Å². The predicted molar refractivity (Wildman–Crippen MR) is 47.8 cm³/mol. The van der Waals surface area contributed by atoms with Crippen LogP contribution in [0.2, 0.25) is 0 Å². The van der Waals surface area contributed by atoms with E-state index < -0.39 is 0 Å². The molecule has 2 heteroatoms. The van der Waals surface area contributed by atoms with E-state index in [0.717, 1.165) is 12.8 Å². The van der Waals surface area contributed by atoms with Crippen molar-refractivity contribution in [3.05, 3.63) is 11.6 Å². The summed E-state index contributed by atoms with van der Waals surface area (Å²) in [5.41, 5.74) is 1.26. The molecule has 0 aliphatic heterocycles. The maximum Gasteiger partial charge on any atom is 0.309 e. The van der Waals surface area contributed by atoms with Gasteiger partial charge in [-0.25, -0.2) is 0 Å². The summed E-state index contributed by atoms with van der Waals surface area (Å²) in [5.74, 6) is -0.0781. The zero-order valence-electron chi connectivity index (χ0n) is 7.64. The number of ether oxygens (including phenoxy) is 1. The first-order valence-electron chi connectivity index (χ1n) is 4.66. The molecular weight excluding hydrogens is 152 g/mol. The van der Waals surface area contributed by atoms with Crippen LogP contribution in [-0.4, -0.2) is 12.6 Å². The number of carbonyl (C=O) groups excluding carboxylic acids is 1. The molecule has 1 aliphatic carbocycles. The van der Waals surface area contributed by atoms with Gasteiger partial charge in [-0.05, 0) is 32.6 Å². The van der Waals surface area contributed by atoms with Gasteiger partial charge in [0.1, 0.15) is 0 Å². The minimum atomic E-state index is -0.0781. The SMILES string of the molecule is CCOC(=O)CC1=CCCCC1. The highest BCUT2D eigenvalue weighted by Crippen LogP contribution is 2.20. The van der Waals surface area contributed by atoms with Crippen molar-refractivity contribution in [3.63, 3.8) is 0 Å². The first kappa shape index (κ1) is 9.30. The first-order valence-corrected chi connectivity index (χ1v) is 4.66. The van der Waals surface area contributed by atoms with E-state index in [1.165, 1.54) is 18.4 Å². The number of hydrogen-bond donors (Lipinski definition) is 0. The lowest BCUT2D eigenvalue weighted by Crippen LogP contribution is -2.06. The molecule has 0 amide bonds. The molecule has 2 nitrogen and oxygen atoms in total. The third kappa shape index (κ3) is 3.07. The summed E-state index contributed by atoms with van der Waals surface area (Å²) in [6.07, 6.45) is 7.40. The fourth-order valence-electron chi connectivity index (χ4n) is 1.46. The summed E-state index contributed by atoms with van der Waals surface area (Å²) < 4.78 is 4.86. The van der Waals surface area contributed by atoms with Crippen molar-refractivity contribution < 1.29 is 9.53 Å². The predicted octanol–water partition coefficient (Wildman–Crippen LogP) is 2.44. The monoisotopic (exact) mass is 168 g/mol. The molecule has 68 valence electrons. The minimum absolute atomic E-state index is 0.0781. The van der Waals surface area contributed by atoms with Gasteiger partial charge >= 0.3 is 5.97 Å². The van der Waals surface area contributed by atoms with Gasteiger partial charge in [0.05, 0.1) is 13.0 Å². The molecule has 0 aromatic carbocycles. The summed E-state index contributed by atoms with van der Waals surface area (Å²) in [7, 11) is 0. The molecule has 0 spiro atoms. The summed E-state index contributed by atoms with van der Waals surface area (Å²) in [4.78, 5) is 11.0. The van der Waals surface area contributed by atoms with Crippen LogP contribution >= 0.6 is 0 Å². The van der Waals surface area contributed by atoms with Crippen LogP contribution in [0.15, 0.2) is 11.6 Å². The maximum absolute atomic E-state index is 11.0. The molecule has 0 saturated carbocycles. The number of allylic oxidation sites excluding steroid dienone is 1. The van der Waals surface area contributed by atoms with Gasteiger partial charge in [-0.15, -0.1) is 0 Å².